The van der Waals surface area contributed by atoms with E-state index in [1.807, 2.05) is 18.0 Å². The van der Waals surface area contributed by atoms with Crippen LogP contribution in [0.1, 0.15) is 29.6 Å². The Hall–Kier alpha value is -1.72. The maximum absolute atomic E-state index is 12.0. The number of rotatable bonds is 4. The number of benzene rings is 1. The third kappa shape index (κ3) is 4.95. The highest BCUT2D eigenvalue weighted by Crippen LogP contribution is 2.11. The molecule has 0 bridgehead atoms. The molecule has 21 heavy (non-hydrogen) atoms. The van der Waals surface area contributed by atoms with Crippen LogP contribution in [0, 0.1) is 0 Å². The molecule has 2 rings (SSSR count). The largest absolute Gasteiger partial charge is 0.317 e. The Morgan fingerprint density at radius 2 is 2.00 bits per heavy atom. The molecule has 0 spiro atoms. The van der Waals surface area contributed by atoms with E-state index < -0.39 is 0 Å². The zero-order valence-corrected chi connectivity index (χ0v) is 12.5. The van der Waals surface area contributed by atoms with Crippen LogP contribution in [0.25, 0.3) is 0 Å². The molecule has 1 aromatic rings. The van der Waals surface area contributed by atoms with Crippen LogP contribution in [-0.2, 0) is 4.79 Å². The van der Waals surface area contributed by atoms with Crippen molar-refractivity contribution in [1.29, 1.82) is 0 Å². The van der Waals surface area contributed by atoms with Gasteiger partial charge in [-0.15, -0.1) is 0 Å². The van der Waals surface area contributed by atoms with Crippen molar-refractivity contribution in [1.82, 2.24) is 15.5 Å². The molecule has 5 nitrogen and oxygen atoms in total. The number of likely N-dealkylation sites (N-methyl/N-ethyl adjacent to an activating group) is 1. The second kappa shape index (κ2) is 7.90. The summed E-state index contributed by atoms with van der Waals surface area (Å²) in [4.78, 5) is 25.9. The first kappa shape index (κ1) is 15.7. The molecule has 1 atom stereocenters. The molecule has 0 radical (unpaired) electrons. The van der Waals surface area contributed by atoms with Gasteiger partial charge in [0, 0.05) is 11.6 Å². The second-order valence-corrected chi connectivity index (χ2v) is 5.49. The van der Waals surface area contributed by atoms with Crippen molar-refractivity contribution >= 4 is 11.8 Å². The standard InChI is InChI=1S/C16H23N3O2/c1-19(14-8-5-10-17-11-9-14)12-15(20)18-16(21)13-6-3-2-4-7-13/h2-4,6-7,14,17H,5,8-12H2,1H3,(H,18,20,21). The summed E-state index contributed by atoms with van der Waals surface area (Å²) in [7, 11) is 1.95. The fraction of sp³-hybridized carbons (Fsp3) is 0.500. The highest BCUT2D eigenvalue weighted by Gasteiger charge is 2.19. The van der Waals surface area contributed by atoms with Gasteiger partial charge in [-0.05, 0) is 51.5 Å². The van der Waals surface area contributed by atoms with Crippen LogP contribution in [0.3, 0.4) is 0 Å². The van der Waals surface area contributed by atoms with Crippen LogP contribution in [0.4, 0.5) is 0 Å². The Morgan fingerprint density at radius 3 is 2.76 bits per heavy atom. The molecule has 2 N–H and O–H groups in total. The second-order valence-electron chi connectivity index (χ2n) is 5.49. The van der Waals surface area contributed by atoms with Crippen molar-refractivity contribution in [2.24, 2.45) is 0 Å². The van der Waals surface area contributed by atoms with Crippen LogP contribution in [0.15, 0.2) is 30.3 Å². The van der Waals surface area contributed by atoms with Gasteiger partial charge in [0.05, 0.1) is 6.54 Å². The Bertz CT molecular complexity index is 468. The van der Waals surface area contributed by atoms with Gasteiger partial charge in [0.15, 0.2) is 0 Å². The summed E-state index contributed by atoms with van der Waals surface area (Å²) in [6.07, 6.45) is 3.25. The van der Waals surface area contributed by atoms with E-state index >= 15 is 0 Å². The summed E-state index contributed by atoms with van der Waals surface area (Å²) >= 11 is 0. The average Bonchev–Trinajstić information content (AvgIpc) is 2.77. The minimum atomic E-state index is -0.337. The zero-order valence-electron chi connectivity index (χ0n) is 12.5. The van der Waals surface area contributed by atoms with Gasteiger partial charge in [-0.25, -0.2) is 0 Å². The Balaban J connectivity index is 1.82. The van der Waals surface area contributed by atoms with Crippen LogP contribution in [-0.4, -0.2) is 49.4 Å². The van der Waals surface area contributed by atoms with E-state index in [-0.39, 0.29) is 18.4 Å². The van der Waals surface area contributed by atoms with Gasteiger partial charge >= 0.3 is 0 Å². The van der Waals surface area contributed by atoms with Gasteiger partial charge in [0.25, 0.3) is 5.91 Å². The molecule has 1 aliphatic rings. The molecule has 1 heterocycles. The highest BCUT2D eigenvalue weighted by atomic mass is 16.2. The first-order chi connectivity index (χ1) is 10.2. The zero-order chi connectivity index (χ0) is 15.1. The molecule has 1 unspecified atom stereocenters. The van der Waals surface area contributed by atoms with Crippen molar-refractivity contribution in [3.05, 3.63) is 35.9 Å². The van der Waals surface area contributed by atoms with E-state index in [4.69, 9.17) is 0 Å². The topological polar surface area (TPSA) is 61.4 Å². The van der Waals surface area contributed by atoms with Gasteiger partial charge in [0.2, 0.25) is 5.91 Å². The van der Waals surface area contributed by atoms with E-state index in [0.29, 0.717) is 11.6 Å². The van der Waals surface area contributed by atoms with Gasteiger partial charge < -0.3 is 5.32 Å². The van der Waals surface area contributed by atoms with E-state index in [2.05, 4.69) is 10.6 Å². The molecular formula is C16H23N3O2. The fourth-order valence-corrected chi connectivity index (χ4v) is 2.62. The molecule has 2 amide bonds. The third-order valence-electron chi connectivity index (χ3n) is 3.85. The molecule has 0 aliphatic carbocycles. The van der Waals surface area contributed by atoms with Crippen LogP contribution in [0.2, 0.25) is 0 Å². The summed E-state index contributed by atoms with van der Waals surface area (Å²) in [5.41, 5.74) is 0.507. The van der Waals surface area contributed by atoms with Gasteiger partial charge in [-0.1, -0.05) is 18.2 Å². The van der Waals surface area contributed by atoms with Gasteiger partial charge in [-0.3, -0.25) is 19.8 Å². The summed E-state index contributed by atoms with van der Waals surface area (Å²) < 4.78 is 0. The first-order valence-electron chi connectivity index (χ1n) is 7.47. The first-order valence-corrected chi connectivity index (χ1v) is 7.47. The molecular weight excluding hydrogens is 266 g/mol. The lowest BCUT2D eigenvalue weighted by Crippen LogP contribution is -2.42. The van der Waals surface area contributed by atoms with Crippen molar-refractivity contribution in [3.8, 4) is 0 Å². The van der Waals surface area contributed by atoms with E-state index in [1.165, 1.54) is 0 Å². The maximum atomic E-state index is 12.0. The smallest absolute Gasteiger partial charge is 0.257 e. The van der Waals surface area contributed by atoms with Gasteiger partial charge in [0.1, 0.15) is 0 Å². The minimum Gasteiger partial charge on any atom is -0.317 e. The average molecular weight is 289 g/mol. The molecule has 1 saturated heterocycles. The summed E-state index contributed by atoms with van der Waals surface area (Å²) in [6, 6.07) is 9.20. The number of nitrogens with zero attached hydrogens (tertiary/aromatic N) is 1. The number of amides is 2. The van der Waals surface area contributed by atoms with Crippen molar-refractivity contribution in [2.45, 2.75) is 25.3 Å². The highest BCUT2D eigenvalue weighted by molar-refractivity contribution is 6.05. The SMILES string of the molecule is CN(CC(=O)NC(=O)c1ccccc1)C1CCCNCC1. The number of hydrogen-bond acceptors (Lipinski definition) is 4. The van der Waals surface area contributed by atoms with E-state index in [9.17, 15) is 9.59 Å². The van der Waals surface area contributed by atoms with E-state index in [0.717, 1.165) is 32.4 Å². The number of carbonyl (C=O) groups excluding carboxylic acids is 2. The molecule has 1 aliphatic heterocycles. The quantitative estimate of drug-likeness (QED) is 0.869. The number of hydrogen-bond donors (Lipinski definition) is 2. The lowest BCUT2D eigenvalue weighted by atomic mass is 10.1. The molecule has 1 fully saturated rings. The Morgan fingerprint density at radius 1 is 1.24 bits per heavy atom. The molecule has 114 valence electrons. The van der Waals surface area contributed by atoms with Crippen LogP contribution >= 0.6 is 0 Å². The fourth-order valence-electron chi connectivity index (χ4n) is 2.62. The van der Waals surface area contributed by atoms with E-state index in [1.54, 1.807) is 24.3 Å². The predicted octanol–water partition coefficient (Wildman–Crippen LogP) is 1.02. The molecule has 1 aromatic carbocycles. The number of imide groups is 1. The Kier molecular flexibility index (Phi) is 5.90. The molecule has 5 heteroatoms. The lowest BCUT2D eigenvalue weighted by Gasteiger charge is -2.25. The van der Waals surface area contributed by atoms with Crippen molar-refractivity contribution in [3.63, 3.8) is 0 Å². The molecule has 0 saturated carbocycles. The summed E-state index contributed by atoms with van der Waals surface area (Å²) in [5.74, 6) is -0.583. The van der Waals surface area contributed by atoms with Crippen molar-refractivity contribution < 1.29 is 9.59 Å². The van der Waals surface area contributed by atoms with Crippen LogP contribution < -0.4 is 10.6 Å². The number of carbonyl (C=O) groups is 2. The van der Waals surface area contributed by atoms with Gasteiger partial charge in [-0.2, -0.15) is 0 Å². The number of nitrogens with one attached hydrogen (secondary N) is 2. The Labute approximate surface area is 125 Å². The lowest BCUT2D eigenvalue weighted by molar-refractivity contribution is -0.121. The summed E-state index contributed by atoms with van der Waals surface area (Å²) in [5, 5.41) is 5.80. The summed E-state index contributed by atoms with van der Waals surface area (Å²) in [6.45, 7) is 2.28. The normalized spacial score (nSPS) is 19.0. The van der Waals surface area contributed by atoms with Crippen LogP contribution in [0.5, 0.6) is 0 Å². The minimum absolute atomic E-state index is 0.247. The molecule has 0 aromatic heterocycles. The predicted molar refractivity (Wildman–Crippen MR) is 82.1 cm³/mol. The van der Waals surface area contributed by atoms with Crippen molar-refractivity contribution in [2.75, 3.05) is 26.7 Å². The third-order valence-corrected chi connectivity index (χ3v) is 3.85. The maximum Gasteiger partial charge on any atom is 0.257 e. The monoisotopic (exact) mass is 289 g/mol.